The molecule has 0 aromatic heterocycles. The molecule has 2 heterocycles. The first kappa shape index (κ1) is 13.7. The van der Waals surface area contributed by atoms with Gasteiger partial charge in [-0.1, -0.05) is 5.92 Å². The third-order valence-corrected chi connectivity index (χ3v) is 3.03. The van der Waals surface area contributed by atoms with Crippen LogP contribution in [0, 0.1) is 12.3 Å². The van der Waals surface area contributed by atoms with Crippen LogP contribution in [0.5, 0.6) is 0 Å². The Kier molecular flexibility index (Phi) is 3.22. The Hall–Kier alpha value is -1.69. The summed E-state index contributed by atoms with van der Waals surface area (Å²) in [6, 6.07) is -0.751. The van der Waals surface area contributed by atoms with Crippen molar-refractivity contribution in [2.24, 2.45) is 0 Å². The fourth-order valence-electron chi connectivity index (χ4n) is 1.97. The number of urea groups is 1. The van der Waals surface area contributed by atoms with Gasteiger partial charge in [0.1, 0.15) is 6.61 Å². The third-order valence-electron chi connectivity index (χ3n) is 3.03. The average molecular weight is 274 g/mol. The molecule has 2 amide bonds. The summed E-state index contributed by atoms with van der Waals surface area (Å²) in [7, 11) is 0. The summed E-state index contributed by atoms with van der Waals surface area (Å²) < 4.78 is 33.2. The smallest absolute Gasteiger partial charge is 0.323 e. The van der Waals surface area contributed by atoms with Gasteiger partial charge >= 0.3 is 6.03 Å². The Morgan fingerprint density at radius 3 is 2.89 bits per heavy atom. The summed E-state index contributed by atoms with van der Waals surface area (Å²) in [5.41, 5.74) is -2.98. The van der Waals surface area contributed by atoms with Crippen molar-refractivity contribution < 1.29 is 28.5 Å². The van der Waals surface area contributed by atoms with Crippen LogP contribution in [0.15, 0.2) is 12.3 Å². The molecule has 0 bridgehead atoms. The van der Waals surface area contributed by atoms with E-state index in [2.05, 4.69) is 10.1 Å². The van der Waals surface area contributed by atoms with E-state index in [1.807, 2.05) is 0 Å². The Labute approximate surface area is 107 Å². The second-order valence-electron chi connectivity index (χ2n) is 4.21. The van der Waals surface area contributed by atoms with E-state index < -0.39 is 36.5 Å². The predicted molar refractivity (Wildman–Crippen MR) is 58.9 cm³/mol. The molecule has 2 aliphatic heterocycles. The fraction of sp³-hybridized carbons (Fsp3) is 0.545. The lowest BCUT2D eigenvalue weighted by Gasteiger charge is -2.32. The standard InChI is InChI=1S/C11H12F2N2O4/c1-2-10(12)7(17)11(13,6-16)19-8(10)15-5-3-4-14-9(15)18/h1,3,5,7-8,16-17H,4,6H2,(H,14,18). The number of halogens is 2. The lowest BCUT2D eigenvalue weighted by atomic mass is 9.95. The zero-order valence-electron chi connectivity index (χ0n) is 9.72. The number of rotatable bonds is 2. The maximum absolute atomic E-state index is 14.5. The number of nitrogens with zero attached hydrogens (tertiary/aromatic N) is 1. The van der Waals surface area contributed by atoms with Gasteiger partial charge in [0, 0.05) is 12.7 Å². The summed E-state index contributed by atoms with van der Waals surface area (Å²) in [4.78, 5) is 12.3. The summed E-state index contributed by atoms with van der Waals surface area (Å²) in [6.45, 7) is -1.07. The average Bonchev–Trinajstić information content (AvgIpc) is 2.62. The predicted octanol–water partition coefficient (Wildman–Crippen LogP) is -0.758. The van der Waals surface area contributed by atoms with Crippen molar-refractivity contribution in [2.45, 2.75) is 23.9 Å². The highest BCUT2D eigenvalue weighted by molar-refractivity contribution is 5.77. The van der Waals surface area contributed by atoms with Crippen LogP contribution in [-0.4, -0.2) is 58.2 Å². The molecule has 8 heteroatoms. The van der Waals surface area contributed by atoms with Crippen molar-refractivity contribution in [1.82, 2.24) is 10.2 Å². The van der Waals surface area contributed by atoms with Crippen LogP contribution in [0.3, 0.4) is 0 Å². The van der Waals surface area contributed by atoms with E-state index >= 15 is 0 Å². The van der Waals surface area contributed by atoms with Crippen molar-refractivity contribution >= 4 is 6.03 Å². The van der Waals surface area contributed by atoms with Gasteiger partial charge in [0.15, 0.2) is 12.3 Å². The molecule has 4 atom stereocenters. The lowest BCUT2D eigenvalue weighted by Crippen LogP contribution is -2.55. The number of carbonyl (C=O) groups excluding carboxylic acids is 1. The largest absolute Gasteiger partial charge is 0.390 e. The quantitative estimate of drug-likeness (QED) is 0.578. The molecule has 0 aromatic rings. The first-order valence-electron chi connectivity index (χ1n) is 5.44. The number of nitrogens with one attached hydrogen (secondary N) is 1. The molecule has 0 saturated carbocycles. The van der Waals surface area contributed by atoms with Gasteiger partial charge < -0.3 is 20.3 Å². The Balaban J connectivity index is 2.40. The van der Waals surface area contributed by atoms with Crippen molar-refractivity contribution in [3.05, 3.63) is 12.3 Å². The topological polar surface area (TPSA) is 82.0 Å². The number of terminal acetylenes is 1. The molecule has 1 fully saturated rings. The summed E-state index contributed by atoms with van der Waals surface area (Å²) in [5, 5.41) is 20.8. The van der Waals surface area contributed by atoms with Gasteiger partial charge in [-0.15, -0.1) is 6.42 Å². The molecule has 4 unspecified atom stereocenters. The van der Waals surface area contributed by atoms with E-state index in [1.165, 1.54) is 12.3 Å². The van der Waals surface area contributed by atoms with Gasteiger partial charge in [0.05, 0.1) is 0 Å². The zero-order valence-corrected chi connectivity index (χ0v) is 9.72. The number of hydrogen-bond acceptors (Lipinski definition) is 4. The van der Waals surface area contributed by atoms with Gasteiger partial charge in [0.25, 0.3) is 5.85 Å². The molecular weight excluding hydrogens is 262 g/mol. The Bertz CT molecular complexity index is 466. The molecule has 0 radical (unpaired) electrons. The number of amides is 2. The molecule has 2 aliphatic rings. The maximum Gasteiger partial charge on any atom is 0.323 e. The van der Waals surface area contributed by atoms with Crippen LogP contribution >= 0.6 is 0 Å². The van der Waals surface area contributed by atoms with Crippen molar-refractivity contribution in [3.8, 4) is 12.3 Å². The molecule has 3 N–H and O–H groups in total. The van der Waals surface area contributed by atoms with Crippen molar-refractivity contribution in [2.75, 3.05) is 13.2 Å². The minimum absolute atomic E-state index is 0.223. The number of aliphatic hydroxyl groups excluding tert-OH is 2. The maximum atomic E-state index is 14.5. The molecule has 1 saturated heterocycles. The van der Waals surface area contributed by atoms with Gasteiger partial charge in [-0.05, 0) is 6.08 Å². The van der Waals surface area contributed by atoms with Crippen LogP contribution in [0.1, 0.15) is 0 Å². The highest BCUT2D eigenvalue weighted by Gasteiger charge is 2.67. The number of alkyl halides is 2. The van der Waals surface area contributed by atoms with Crippen molar-refractivity contribution in [3.63, 3.8) is 0 Å². The lowest BCUT2D eigenvalue weighted by molar-refractivity contribution is -0.207. The van der Waals surface area contributed by atoms with Gasteiger partial charge in [0.2, 0.25) is 5.67 Å². The van der Waals surface area contributed by atoms with Crippen molar-refractivity contribution in [1.29, 1.82) is 0 Å². The Morgan fingerprint density at radius 1 is 1.68 bits per heavy atom. The first-order chi connectivity index (χ1) is 8.89. The molecular formula is C11H12F2N2O4. The van der Waals surface area contributed by atoms with E-state index in [0.717, 1.165) is 0 Å². The zero-order chi connectivity index (χ0) is 14.3. The first-order valence-corrected chi connectivity index (χ1v) is 5.44. The number of ether oxygens (including phenoxy) is 1. The normalized spacial score (nSPS) is 42.1. The Morgan fingerprint density at radius 2 is 2.37 bits per heavy atom. The molecule has 104 valence electrons. The van der Waals surface area contributed by atoms with E-state index in [1.54, 1.807) is 5.92 Å². The highest BCUT2D eigenvalue weighted by atomic mass is 19.2. The molecule has 0 aromatic carbocycles. The molecule has 2 rings (SSSR count). The second-order valence-corrected chi connectivity index (χ2v) is 4.21. The summed E-state index contributed by atoms with van der Waals surface area (Å²) >= 11 is 0. The molecule has 0 spiro atoms. The number of carbonyl (C=O) groups is 1. The van der Waals surface area contributed by atoms with Gasteiger partial charge in [-0.3, -0.25) is 4.90 Å². The van der Waals surface area contributed by atoms with E-state index in [-0.39, 0.29) is 6.54 Å². The van der Waals surface area contributed by atoms with Crippen LogP contribution in [0.4, 0.5) is 13.6 Å². The summed E-state index contributed by atoms with van der Waals surface area (Å²) in [5.74, 6) is -1.47. The van der Waals surface area contributed by atoms with E-state index in [9.17, 15) is 18.7 Å². The van der Waals surface area contributed by atoms with Gasteiger partial charge in [-0.2, -0.15) is 0 Å². The molecule has 19 heavy (non-hydrogen) atoms. The minimum atomic E-state index is -3.07. The second kappa shape index (κ2) is 4.45. The van der Waals surface area contributed by atoms with Gasteiger partial charge in [-0.25, -0.2) is 13.6 Å². The van der Waals surface area contributed by atoms with E-state index in [4.69, 9.17) is 11.5 Å². The van der Waals surface area contributed by atoms with Crippen LogP contribution in [0.25, 0.3) is 0 Å². The monoisotopic (exact) mass is 274 g/mol. The third kappa shape index (κ3) is 1.87. The highest BCUT2D eigenvalue weighted by Crippen LogP contribution is 2.43. The number of aliphatic hydroxyl groups is 2. The van der Waals surface area contributed by atoms with Crippen LogP contribution in [0.2, 0.25) is 0 Å². The van der Waals surface area contributed by atoms with E-state index in [0.29, 0.717) is 4.90 Å². The van der Waals surface area contributed by atoms with Crippen LogP contribution < -0.4 is 5.32 Å². The fourth-order valence-corrected chi connectivity index (χ4v) is 1.97. The SMILES string of the molecule is C#CC1(F)C(N2C=CCNC2=O)OC(F)(CO)C1O. The van der Waals surface area contributed by atoms with Crippen LogP contribution in [-0.2, 0) is 4.74 Å². The summed E-state index contributed by atoms with van der Waals surface area (Å²) in [6.07, 6.45) is 3.33. The molecule has 0 aliphatic carbocycles. The minimum Gasteiger partial charge on any atom is -0.390 e. The molecule has 6 nitrogen and oxygen atoms in total. The number of hydrogen-bond donors (Lipinski definition) is 3.